The Balaban J connectivity index is 1.66. The van der Waals surface area contributed by atoms with Crippen LogP contribution in [0.3, 0.4) is 0 Å². The van der Waals surface area contributed by atoms with Crippen LogP contribution in [0.5, 0.6) is 11.5 Å². The van der Waals surface area contributed by atoms with Crippen molar-refractivity contribution in [3.8, 4) is 11.5 Å². The SMILES string of the molecule is CCN(CC)C(=O)c1ccc2c(c1)N(CC(=O)Nc1cc(OC)cc(OC)c1)C(=O)[C@H]1CCCCN21. The molecule has 2 aromatic carbocycles. The Hall–Kier alpha value is -3.75. The Kier molecular flexibility index (Phi) is 7.67. The molecule has 0 saturated carbocycles. The Morgan fingerprint density at radius 3 is 2.33 bits per heavy atom. The number of fused-ring (bicyclic) bond motifs is 3. The number of benzene rings is 2. The summed E-state index contributed by atoms with van der Waals surface area (Å²) in [5.74, 6) is 0.522. The van der Waals surface area contributed by atoms with Gasteiger partial charge in [-0.05, 0) is 51.3 Å². The Labute approximate surface area is 211 Å². The van der Waals surface area contributed by atoms with Gasteiger partial charge in [0.05, 0.1) is 25.6 Å². The average molecular weight is 495 g/mol. The first-order valence-electron chi connectivity index (χ1n) is 12.4. The van der Waals surface area contributed by atoms with Gasteiger partial charge in [0.25, 0.3) is 5.91 Å². The number of nitrogens with zero attached hydrogens (tertiary/aromatic N) is 3. The van der Waals surface area contributed by atoms with Crippen molar-refractivity contribution in [1.82, 2.24) is 4.90 Å². The van der Waals surface area contributed by atoms with Crippen LogP contribution in [0, 0.1) is 0 Å². The molecule has 0 aliphatic carbocycles. The second kappa shape index (κ2) is 10.9. The number of methoxy groups -OCH3 is 2. The lowest BCUT2D eigenvalue weighted by molar-refractivity contribution is -0.123. The highest BCUT2D eigenvalue weighted by molar-refractivity contribution is 6.11. The molecular formula is C27H34N4O5. The van der Waals surface area contributed by atoms with Crippen LogP contribution in [0.15, 0.2) is 36.4 Å². The van der Waals surface area contributed by atoms with Gasteiger partial charge in [0, 0.05) is 49.1 Å². The van der Waals surface area contributed by atoms with E-state index < -0.39 is 0 Å². The highest BCUT2D eigenvalue weighted by atomic mass is 16.5. The Morgan fingerprint density at radius 1 is 1.00 bits per heavy atom. The number of ether oxygens (including phenoxy) is 2. The van der Waals surface area contributed by atoms with E-state index in [1.165, 1.54) is 19.1 Å². The minimum atomic E-state index is -0.352. The quantitative estimate of drug-likeness (QED) is 0.604. The van der Waals surface area contributed by atoms with Gasteiger partial charge in [-0.3, -0.25) is 19.3 Å². The van der Waals surface area contributed by atoms with Crippen LogP contribution in [-0.4, -0.2) is 69.1 Å². The molecule has 192 valence electrons. The first-order chi connectivity index (χ1) is 17.4. The summed E-state index contributed by atoms with van der Waals surface area (Å²) in [6.07, 6.45) is 2.70. The average Bonchev–Trinajstić information content (AvgIpc) is 2.91. The molecule has 2 heterocycles. The molecule has 2 aromatic rings. The van der Waals surface area contributed by atoms with E-state index in [9.17, 15) is 14.4 Å². The zero-order valence-corrected chi connectivity index (χ0v) is 21.4. The van der Waals surface area contributed by atoms with Crippen molar-refractivity contribution in [2.45, 2.75) is 39.2 Å². The summed E-state index contributed by atoms with van der Waals surface area (Å²) in [5.41, 5.74) is 2.48. The number of anilines is 3. The van der Waals surface area contributed by atoms with Crippen LogP contribution in [-0.2, 0) is 9.59 Å². The largest absolute Gasteiger partial charge is 0.497 e. The number of carbonyl (C=O) groups is 3. The maximum atomic E-state index is 13.6. The van der Waals surface area contributed by atoms with E-state index in [-0.39, 0.29) is 30.3 Å². The van der Waals surface area contributed by atoms with Crippen molar-refractivity contribution in [2.75, 3.05) is 55.5 Å². The highest BCUT2D eigenvalue weighted by Gasteiger charge is 2.40. The molecule has 2 aliphatic rings. The van der Waals surface area contributed by atoms with Crippen molar-refractivity contribution in [3.63, 3.8) is 0 Å². The van der Waals surface area contributed by atoms with E-state index in [0.717, 1.165) is 31.5 Å². The first kappa shape index (κ1) is 25.3. The molecular weight excluding hydrogens is 460 g/mol. The molecule has 1 saturated heterocycles. The zero-order chi connectivity index (χ0) is 25.8. The lowest BCUT2D eigenvalue weighted by atomic mass is 9.95. The Bertz CT molecular complexity index is 1120. The van der Waals surface area contributed by atoms with Crippen molar-refractivity contribution in [1.29, 1.82) is 0 Å². The fraction of sp³-hybridized carbons (Fsp3) is 0.444. The van der Waals surface area contributed by atoms with Crippen LogP contribution >= 0.6 is 0 Å². The van der Waals surface area contributed by atoms with Gasteiger partial charge in [-0.1, -0.05) is 0 Å². The zero-order valence-electron chi connectivity index (χ0n) is 21.4. The molecule has 1 fully saturated rings. The van der Waals surface area contributed by atoms with Gasteiger partial charge in [-0.15, -0.1) is 0 Å². The van der Waals surface area contributed by atoms with Crippen LogP contribution < -0.4 is 24.6 Å². The van der Waals surface area contributed by atoms with Crippen LogP contribution in [0.4, 0.5) is 17.1 Å². The van der Waals surface area contributed by atoms with E-state index in [1.54, 1.807) is 29.2 Å². The van der Waals surface area contributed by atoms with E-state index in [1.807, 2.05) is 26.0 Å². The summed E-state index contributed by atoms with van der Waals surface area (Å²) in [5, 5.41) is 2.85. The lowest BCUT2D eigenvalue weighted by Crippen LogP contribution is -2.56. The van der Waals surface area contributed by atoms with Crippen molar-refractivity contribution in [3.05, 3.63) is 42.0 Å². The monoisotopic (exact) mass is 494 g/mol. The third-order valence-electron chi connectivity index (χ3n) is 6.86. The maximum Gasteiger partial charge on any atom is 0.253 e. The lowest BCUT2D eigenvalue weighted by Gasteiger charge is -2.45. The van der Waals surface area contributed by atoms with Crippen molar-refractivity contribution in [2.24, 2.45) is 0 Å². The molecule has 2 aliphatic heterocycles. The number of hydrogen-bond donors (Lipinski definition) is 1. The fourth-order valence-electron chi connectivity index (χ4n) is 4.97. The van der Waals surface area contributed by atoms with E-state index in [0.29, 0.717) is 41.5 Å². The maximum absolute atomic E-state index is 13.6. The fourth-order valence-corrected chi connectivity index (χ4v) is 4.97. The van der Waals surface area contributed by atoms with E-state index >= 15 is 0 Å². The normalized spacial score (nSPS) is 16.7. The van der Waals surface area contributed by atoms with Gasteiger partial charge in [0.15, 0.2) is 0 Å². The van der Waals surface area contributed by atoms with Crippen molar-refractivity contribution < 1.29 is 23.9 Å². The first-order valence-corrected chi connectivity index (χ1v) is 12.4. The molecule has 4 rings (SSSR count). The predicted octanol–water partition coefficient (Wildman–Crippen LogP) is 3.53. The van der Waals surface area contributed by atoms with Gasteiger partial charge in [-0.25, -0.2) is 0 Å². The van der Waals surface area contributed by atoms with Gasteiger partial charge < -0.3 is 24.6 Å². The summed E-state index contributed by atoms with van der Waals surface area (Å²) in [4.78, 5) is 45.2. The molecule has 0 aromatic heterocycles. The smallest absolute Gasteiger partial charge is 0.253 e. The topological polar surface area (TPSA) is 91.4 Å². The molecule has 1 atom stereocenters. The van der Waals surface area contributed by atoms with Gasteiger partial charge in [-0.2, -0.15) is 0 Å². The third-order valence-corrected chi connectivity index (χ3v) is 6.86. The molecule has 0 unspecified atom stereocenters. The van der Waals surface area contributed by atoms with Crippen LogP contribution in [0.25, 0.3) is 0 Å². The van der Waals surface area contributed by atoms with Crippen LogP contribution in [0.1, 0.15) is 43.5 Å². The van der Waals surface area contributed by atoms with Crippen LogP contribution in [0.2, 0.25) is 0 Å². The minimum absolute atomic E-state index is 0.0936. The number of carbonyl (C=O) groups excluding carboxylic acids is 3. The second-order valence-electron chi connectivity index (χ2n) is 8.96. The summed E-state index contributed by atoms with van der Waals surface area (Å²) in [7, 11) is 3.08. The molecule has 36 heavy (non-hydrogen) atoms. The molecule has 9 heteroatoms. The molecule has 1 N–H and O–H groups in total. The molecule has 3 amide bonds. The van der Waals surface area contributed by atoms with E-state index in [2.05, 4.69) is 10.2 Å². The second-order valence-corrected chi connectivity index (χ2v) is 8.96. The van der Waals surface area contributed by atoms with Gasteiger partial charge in [0.1, 0.15) is 24.1 Å². The highest BCUT2D eigenvalue weighted by Crippen LogP contribution is 2.40. The summed E-state index contributed by atoms with van der Waals surface area (Å²) in [6.45, 7) is 5.66. The number of piperidine rings is 1. The summed E-state index contributed by atoms with van der Waals surface area (Å²) >= 11 is 0. The summed E-state index contributed by atoms with van der Waals surface area (Å²) < 4.78 is 10.6. The Morgan fingerprint density at radius 2 is 1.69 bits per heavy atom. The van der Waals surface area contributed by atoms with Crippen molar-refractivity contribution >= 4 is 34.8 Å². The molecule has 0 spiro atoms. The standard InChI is InChI=1S/C27H34N4O5/c1-5-29(6-2)26(33)18-10-11-22-24(13-18)31(27(34)23-9-7-8-12-30(22)23)17-25(32)28-19-14-20(35-3)16-21(15-19)36-4/h10-11,13-16,23H,5-9,12,17H2,1-4H3,(H,28,32)/t23-/m1/s1. The minimum Gasteiger partial charge on any atom is -0.497 e. The van der Waals surface area contributed by atoms with E-state index in [4.69, 9.17) is 9.47 Å². The molecule has 9 nitrogen and oxygen atoms in total. The number of rotatable bonds is 8. The third kappa shape index (κ3) is 4.96. The number of hydrogen-bond acceptors (Lipinski definition) is 6. The predicted molar refractivity (Wildman–Crippen MR) is 139 cm³/mol. The molecule has 0 radical (unpaired) electrons. The number of amides is 3. The van der Waals surface area contributed by atoms with Gasteiger partial charge in [0.2, 0.25) is 11.8 Å². The van der Waals surface area contributed by atoms with Gasteiger partial charge >= 0.3 is 0 Å². The molecule has 0 bridgehead atoms. The number of nitrogens with one attached hydrogen (secondary N) is 1. The summed E-state index contributed by atoms with van der Waals surface area (Å²) in [6, 6.07) is 10.3.